The van der Waals surface area contributed by atoms with E-state index in [9.17, 15) is 0 Å². The van der Waals surface area contributed by atoms with Gasteiger partial charge in [-0.25, -0.2) is 0 Å². The summed E-state index contributed by atoms with van der Waals surface area (Å²) in [6.45, 7) is 0. The van der Waals surface area contributed by atoms with Crippen LogP contribution in [-0.4, -0.2) is 0 Å². The molecule has 0 atom stereocenters. The van der Waals surface area contributed by atoms with E-state index in [4.69, 9.17) is 0 Å². The summed E-state index contributed by atoms with van der Waals surface area (Å²) in [6, 6.07) is 0. The Balaban J connectivity index is 0.000000781. The molecule has 0 radical (unpaired) electrons. The van der Waals surface area contributed by atoms with Crippen LogP contribution >= 0.6 is 0 Å². The van der Waals surface area contributed by atoms with Crippen molar-refractivity contribution in [3.05, 3.63) is 42.2 Å². The van der Waals surface area contributed by atoms with E-state index in [1.54, 1.807) is 20.6 Å². The Hall–Kier alpha value is 0.254. The van der Waals surface area contributed by atoms with Gasteiger partial charge in [-0.05, 0) is 0 Å². The van der Waals surface area contributed by atoms with Crippen molar-refractivity contribution in [1.29, 1.82) is 0 Å². The van der Waals surface area contributed by atoms with E-state index in [0.29, 0.717) is 0 Å². The van der Waals surface area contributed by atoms with Crippen LogP contribution in [0.25, 0.3) is 0 Å². The predicted octanol–water partition coefficient (Wildman–Crippen LogP) is 0.315. The molecule has 0 nitrogen and oxygen atoms in total. The smallest absolute Gasteiger partial charge is 1.00 e. The zero-order valence-corrected chi connectivity index (χ0v) is 17.0. The van der Waals surface area contributed by atoms with Gasteiger partial charge in [-0.15, -0.1) is 0 Å². The van der Waals surface area contributed by atoms with Crippen LogP contribution in [0.5, 0.6) is 0 Å². The van der Waals surface area contributed by atoms with Crippen LogP contribution in [0.1, 0.15) is 64.2 Å². The molecule has 5 aliphatic rings. The monoisotopic (exact) mass is 384 g/mol. The van der Waals surface area contributed by atoms with Crippen molar-refractivity contribution in [3.63, 3.8) is 0 Å². The van der Waals surface area contributed by atoms with Crippen molar-refractivity contribution in [1.82, 2.24) is 0 Å². The van der Waals surface area contributed by atoms with Gasteiger partial charge in [0.2, 0.25) is 0 Å². The first-order chi connectivity index (χ1) is 10.4. The van der Waals surface area contributed by atoms with Crippen molar-refractivity contribution < 1.29 is 41.4 Å². The first kappa shape index (κ1) is 18.1. The van der Waals surface area contributed by atoms with Crippen LogP contribution in [0.4, 0.5) is 0 Å². The quantitative estimate of drug-likeness (QED) is 0.601. The van der Waals surface area contributed by atoms with Crippen LogP contribution in [0, 0.1) is 0 Å². The second-order valence-corrected chi connectivity index (χ2v) is 14.9. The third-order valence-electron chi connectivity index (χ3n) is 6.74. The minimum atomic E-state index is -1.70. The maximum absolute atomic E-state index is 2.72. The second-order valence-electron chi connectivity index (χ2n) is 7.95. The van der Waals surface area contributed by atoms with Gasteiger partial charge >= 0.3 is 132 Å². The van der Waals surface area contributed by atoms with Crippen molar-refractivity contribution in [2.75, 3.05) is 0 Å². The summed E-state index contributed by atoms with van der Waals surface area (Å²) < 4.78 is 7.23. The predicted molar refractivity (Wildman–Crippen MR) is 86.0 cm³/mol. The normalized spacial score (nSPS) is 26.1. The SMILES string of the molecule is C1=[C]([Ti+2]2([C]3=CC4=C(CCCC4)C3)[CH2][CH2]2)CC2=C1CCCC2.[Cl-].[Cl-]. The largest absolute Gasteiger partial charge is 1.00 e. The third kappa shape index (κ3) is 2.99. The molecule has 0 aromatic rings. The number of halogens is 2. The second kappa shape index (κ2) is 6.87. The summed E-state index contributed by atoms with van der Waals surface area (Å²) in [5.41, 5.74) is 7.27. The molecule has 4 aliphatic carbocycles. The van der Waals surface area contributed by atoms with Gasteiger partial charge in [-0.2, -0.15) is 0 Å². The summed E-state index contributed by atoms with van der Waals surface area (Å²) in [4.78, 5) is 0. The molecule has 0 spiro atoms. The number of allylic oxidation sites excluding steroid dienone is 8. The Morgan fingerprint density at radius 3 is 1.43 bits per heavy atom. The molecule has 124 valence electrons. The van der Waals surface area contributed by atoms with Crippen molar-refractivity contribution in [2.24, 2.45) is 0 Å². The molecule has 3 heteroatoms. The van der Waals surface area contributed by atoms with Crippen LogP contribution in [0.15, 0.2) is 42.2 Å². The Labute approximate surface area is 156 Å². The molecule has 0 bridgehead atoms. The topological polar surface area (TPSA) is 0 Å². The van der Waals surface area contributed by atoms with Gasteiger partial charge in [0.1, 0.15) is 0 Å². The zero-order valence-electron chi connectivity index (χ0n) is 13.9. The van der Waals surface area contributed by atoms with Crippen molar-refractivity contribution in [2.45, 2.75) is 73.7 Å². The minimum absolute atomic E-state index is 0. The van der Waals surface area contributed by atoms with E-state index >= 15 is 0 Å². The maximum atomic E-state index is 2.72. The Bertz CT molecular complexity index is 580. The molecule has 23 heavy (non-hydrogen) atoms. The van der Waals surface area contributed by atoms with Gasteiger partial charge in [0.05, 0.1) is 0 Å². The van der Waals surface area contributed by atoms with E-state index in [1.807, 2.05) is 18.9 Å². The van der Waals surface area contributed by atoms with Gasteiger partial charge in [0.15, 0.2) is 0 Å². The first-order valence-corrected chi connectivity index (χ1v) is 13.0. The Morgan fingerprint density at radius 2 is 1.04 bits per heavy atom. The summed E-state index contributed by atoms with van der Waals surface area (Å²) in [5, 5.41) is 0. The van der Waals surface area contributed by atoms with Gasteiger partial charge in [-0.1, -0.05) is 0 Å². The summed E-state index contributed by atoms with van der Waals surface area (Å²) >= 11 is -1.70. The minimum Gasteiger partial charge on any atom is -1.00 e. The first-order valence-electron chi connectivity index (χ1n) is 9.19. The maximum Gasteiger partial charge on any atom is -1.00 e. The fourth-order valence-electron chi connectivity index (χ4n) is 5.31. The molecule has 1 aliphatic heterocycles. The Kier molecular flexibility index (Phi) is 5.39. The molecular weight excluding hydrogens is 359 g/mol. The van der Waals surface area contributed by atoms with Crippen molar-refractivity contribution in [3.8, 4) is 0 Å². The molecular formula is C20H26Cl2Ti. The zero-order chi connectivity index (χ0) is 13.9. The summed E-state index contributed by atoms with van der Waals surface area (Å²) in [6.07, 6.45) is 19.7. The number of hydrogen-bond donors (Lipinski definition) is 0. The standard InChI is InChI=1S/2C9H11.C2H4.2ClH.Ti/c2*1-2-5-9-7-3-6-8(9)4-1;1-2;;;/h2*6H,1-2,4-5,7H2;1-2H2;2*1H;/q;;;;;+2/p-2. The average molecular weight is 385 g/mol. The average Bonchev–Trinajstić information content (AvgIpc) is 3.03. The van der Waals surface area contributed by atoms with Crippen LogP contribution in [0.3, 0.4) is 0 Å². The molecule has 0 aromatic carbocycles. The molecule has 0 aromatic heterocycles. The van der Waals surface area contributed by atoms with Crippen LogP contribution in [-0.2, 0) is 16.6 Å². The fourth-order valence-corrected chi connectivity index (χ4v) is 13.1. The third-order valence-corrected chi connectivity index (χ3v) is 13.9. The van der Waals surface area contributed by atoms with Crippen LogP contribution < -0.4 is 24.8 Å². The molecule has 0 saturated carbocycles. The molecule has 1 heterocycles. The van der Waals surface area contributed by atoms with E-state index in [1.165, 1.54) is 64.2 Å². The van der Waals surface area contributed by atoms with Gasteiger partial charge in [0, 0.05) is 0 Å². The molecule has 0 N–H and O–H groups in total. The van der Waals surface area contributed by atoms with Gasteiger partial charge in [0.25, 0.3) is 0 Å². The molecule has 1 saturated heterocycles. The molecule has 0 amide bonds. The molecule has 1 fully saturated rings. The summed E-state index contributed by atoms with van der Waals surface area (Å²) in [5.74, 6) is 0. The number of hydrogen-bond acceptors (Lipinski definition) is 0. The fraction of sp³-hybridized carbons (Fsp3) is 0.600. The van der Waals surface area contributed by atoms with Gasteiger partial charge in [-0.3, -0.25) is 0 Å². The van der Waals surface area contributed by atoms with Gasteiger partial charge < -0.3 is 24.8 Å². The molecule has 5 rings (SSSR count). The van der Waals surface area contributed by atoms with E-state index in [0.717, 1.165) is 0 Å². The summed E-state index contributed by atoms with van der Waals surface area (Å²) in [7, 11) is 0. The van der Waals surface area contributed by atoms with Crippen LogP contribution in [0.2, 0.25) is 9.45 Å². The number of rotatable bonds is 2. The molecule has 0 unspecified atom stereocenters. The van der Waals surface area contributed by atoms with E-state index < -0.39 is 16.6 Å². The van der Waals surface area contributed by atoms with Crippen molar-refractivity contribution >= 4 is 0 Å². The Morgan fingerprint density at radius 1 is 0.609 bits per heavy atom. The van der Waals surface area contributed by atoms with E-state index in [2.05, 4.69) is 12.2 Å². The van der Waals surface area contributed by atoms with E-state index in [-0.39, 0.29) is 24.8 Å².